The van der Waals surface area contributed by atoms with E-state index in [0.29, 0.717) is 29.8 Å². The molecule has 1 aromatic heterocycles. The Bertz CT molecular complexity index is 1250. The van der Waals surface area contributed by atoms with Crippen molar-refractivity contribution in [3.05, 3.63) is 71.9 Å². The molecule has 1 atom stereocenters. The van der Waals surface area contributed by atoms with E-state index in [1.54, 1.807) is 29.6 Å². The van der Waals surface area contributed by atoms with Gasteiger partial charge in [0.25, 0.3) is 0 Å². The number of likely N-dealkylation sites (tertiary alicyclic amines) is 1. The SMILES string of the molecule is COc1ccc(S(=O)(=O)N2CCCCC2)cc1-c1ccc(CN2CCCCC[C@@H]2c2ccccc2)[nH]1. The van der Waals surface area contributed by atoms with E-state index < -0.39 is 10.0 Å². The standard InChI is InChI=1S/C29H37N3O3S/c1-35-29-17-15-25(36(33,34)32-19-9-4-10-20-32)21-26(29)27-16-14-24(30-27)22-31-18-8-3-7-13-28(31)23-11-5-2-6-12-23/h2,5-6,11-12,14-17,21,28,30H,3-4,7-10,13,18-20,22H2,1H3/t28-/m1/s1. The van der Waals surface area contributed by atoms with Gasteiger partial charge in [0.05, 0.1) is 12.0 Å². The highest BCUT2D eigenvalue weighted by Crippen LogP contribution is 2.35. The molecule has 7 heteroatoms. The minimum atomic E-state index is -3.52. The van der Waals surface area contributed by atoms with Gasteiger partial charge in [-0.25, -0.2) is 8.42 Å². The van der Waals surface area contributed by atoms with Crippen molar-refractivity contribution >= 4 is 10.0 Å². The van der Waals surface area contributed by atoms with Crippen molar-refractivity contribution in [1.29, 1.82) is 0 Å². The Labute approximate surface area is 215 Å². The Kier molecular flexibility index (Phi) is 7.79. The van der Waals surface area contributed by atoms with Crippen LogP contribution in [-0.2, 0) is 16.6 Å². The summed E-state index contributed by atoms with van der Waals surface area (Å²) >= 11 is 0. The molecule has 0 aliphatic carbocycles. The van der Waals surface area contributed by atoms with E-state index in [1.165, 1.54) is 31.2 Å². The van der Waals surface area contributed by atoms with E-state index in [9.17, 15) is 8.42 Å². The number of sulfonamides is 1. The number of aromatic nitrogens is 1. The number of aromatic amines is 1. The highest BCUT2D eigenvalue weighted by molar-refractivity contribution is 7.89. The molecule has 0 spiro atoms. The maximum absolute atomic E-state index is 13.3. The number of nitrogens with one attached hydrogen (secondary N) is 1. The van der Waals surface area contributed by atoms with Crippen LogP contribution in [0.25, 0.3) is 11.3 Å². The lowest BCUT2D eigenvalue weighted by atomic mass is 10.0. The highest BCUT2D eigenvalue weighted by atomic mass is 32.2. The molecule has 0 radical (unpaired) electrons. The lowest BCUT2D eigenvalue weighted by Crippen LogP contribution is -2.35. The fourth-order valence-corrected chi connectivity index (χ4v) is 7.17. The number of benzene rings is 2. The summed E-state index contributed by atoms with van der Waals surface area (Å²) in [5.74, 6) is 0.665. The van der Waals surface area contributed by atoms with E-state index in [4.69, 9.17) is 4.74 Å². The molecule has 0 bridgehead atoms. The van der Waals surface area contributed by atoms with Crippen LogP contribution >= 0.6 is 0 Å². The fourth-order valence-electron chi connectivity index (χ4n) is 5.63. The van der Waals surface area contributed by atoms with Crippen LogP contribution in [0.2, 0.25) is 0 Å². The number of H-pyrrole nitrogens is 1. The second kappa shape index (κ2) is 11.2. The van der Waals surface area contributed by atoms with Crippen LogP contribution in [0.5, 0.6) is 5.75 Å². The molecule has 2 fully saturated rings. The minimum absolute atomic E-state index is 0.327. The molecule has 6 nitrogen and oxygen atoms in total. The molecular weight excluding hydrogens is 470 g/mol. The lowest BCUT2D eigenvalue weighted by molar-refractivity contribution is 0.190. The third-order valence-electron chi connectivity index (χ3n) is 7.58. The monoisotopic (exact) mass is 507 g/mol. The molecule has 2 aliphatic heterocycles. The third kappa shape index (κ3) is 5.38. The van der Waals surface area contributed by atoms with E-state index in [2.05, 4.69) is 46.3 Å². The van der Waals surface area contributed by atoms with E-state index in [1.807, 2.05) is 6.07 Å². The van der Waals surface area contributed by atoms with Crippen LogP contribution in [-0.4, -0.2) is 49.4 Å². The number of nitrogens with zero attached hydrogens (tertiary/aromatic N) is 2. The topological polar surface area (TPSA) is 65.6 Å². The van der Waals surface area contributed by atoms with Crippen LogP contribution in [0.1, 0.15) is 62.2 Å². The maximum atomic E-state index is 13.3. The zero-order valence-electron chi connectivity index (χ0n) is 21.2. The normalized spacial score (nSPS) is 20.2. The number of rotatable bonds is 7. The number of hydrogen-bond acceptors (Lipinski definition) is 4. The van der Waals surface area contributed by atoms with Gasteiger partial charge in [0.1, 0.15) is 5.75 Å². The smallest absolute Gasteiger partial charge is 0.243 e. The third-order valence-corrected chi connectivity index (χ3v) is 9.48. The first-order valence-electron chi connectivity index (χ1n) is 13.2. The predicted octanol–water partition coefficient (Wildman–Crippen LogP) is 5.98. The van der Waals surface area contributed by atoms with Gasteiger partial charge in [-0.05, 0) is 68.1 Å². The molecule has 2 saturated heterocycles. The maximum Gasteiger partial charge on any atom is 0.243 e. The predicted molar refractivity (Wildman–Crippen MR) is 143 cm³/mol. The minimum Gasteiger partial charge on any atom is -0.496 e. The van der Waals surface area contributed by atoms with Gasteiger partial charge in [-0.15, -0.1) is 0 Å². The highest BCUT2D eigenvalue weighted by Gasteiger charge is 2.27. The largest absolute Gasteiger partial charge is 0.496 e. The van der Waals surface area contributed by atoms with Crippen molar-refractivity contribution < 1.29 is 13.2 Å². The molecule has 3 aromatic rings. The van der Waals surface area contributed by atoms with Crippen molar-refractivity contribution in [1.82, 2.24) is 14.2 Å². The first-order valence-corrected chi connectivity index (χ1v) is 14.7. The number of ether oxygens (including phenoxy) is 1. The van der Waals surface area contributed by atoms with Crippen molar-refractivity contribution in [2.75, 3.05) is 26.7 Å². The van der Waals surface area contributed by atoms with Crippen LogP contribution in [0.15, 0.2) is 65.6 Å². The van der Waals surface area contributed by atoms with Crippen LogP contribution in [0, 0.1) is 0 Å². The molecule has 1 N–H and O–H groups in total. The van der Waals surface area contributed by atoms with Gasteiger partial charge >= 0.3 is 0 Å². The molecule has 2 aromatic carbocycles. The average Bonchev–Trinajstić information content (AvgIpc) is 3.26. The average molecular weight is 508 g/mol. The molecule has 2 aliphatic rings. The first-order chi connectivity index (χ1) is 17.6. The zero-order valence-corrected chi connectivity index (χ0v) is 22.0. The Morgan fingerprint density at radius 1 is 0.889 bits per heavy atom. The molecule has 5 rings (SSSR count). The van der Waals surface area contributed by atoms with Gasteiger partial charge in [-0.2, -0.15) is 4.31 Å². The van der Waals surface area contributed by atoms with Gasteiger partial charge in [0.15, 0.2) is 0 Å². The van der Waals surface area contributed by atoms with Gasteiger partial charge in [0.2, 0.25) is 10.0 Å². The first kappa shape index (κ1) is 25.1. The summed E-state index contributed by atoms with van der Waals surface area (Å²) in [6, 6.07) is 20.6. The summed E-state index contributed by atoms with van der Waals surface area (Å²) in [4.78, 5) is 6.47. The Balaban J connectivity index is 1.41. The number of piperidine rings is 1. The molecular formula is C29H37N3O3S. The molecule has 36 heavy (non-hydrogen) atoms. The quantitative estimate of drug-likeness (QED) is 0.427. The Morgan fingerprint density at radius 3 is 2.42 bits per heavy atom. The van der Waals surface area contributed by atoms with E-state index >= 15 is 0 Å². The van der Waals surface area contributed by atoms with Crippen LogP contribution in [0.3, 0.4) is 0 Å². The van der Waals surface area contributed by atoms with Crippen molar-refractivity contribution in [2.45, 2.75) is 62.4 Å². The Morgan fingerprint density at radius 2 is 1.64 bits per heavy atom. The summed E-state index contributed by atoms with van der Waals surface area (Å²) < 4.78 is 33.9. The van der Waals surface area contributed by atoms with Crippen molar-refractivity contribution in [3.63, 3.8) is 0 Å². The van der Waals surface area contributed by atoms with E-state index in [0.717, 1.165) is 49.3 Å². The second-order valence-electron chi connectivity index (χ2n) is 9.97. The van der Waals surface area contributed by atoms with Gasteiger partial charge in [0, 0.05) is 42.6 Å². The zero-order chi connectivity index (χ0) is 25.0. The molecule has 0 unspecified atom stereocenters. The summed E-state index contributed by atoms with van der Waals surface area (Å²) in [6.45, 7) is 3.08. The fraction of sp³-hybridized carbons (Fsp3) is 0.448. The number of methoxy groups -OCH3 is 1. The summed E-state index contributed by atoms with van der Waals surface area (Å²) in [7, 11) is -1.89. The molecule has 0 saturated carbocycles. The van der Waals surface area contributed by atoms with Crippen LogP contribution < -0.4 is 4.74 Å². The second-order valence-corrected chi connectivity index (χ2v) is 11.9. The number of hydrogen-bond donors (Lipinski definition) is 1. The van der Waals surface area contributed by atoms with Gasteiger partial charge in [-0.1, -0.05) is 49.6 Å². The van der Waals surface area contributed by atoms with Crippen LogP contribution in [0.4, 0.5) is 0 Å². The van der Waals surface area contributed by atoms with Crippen molar-refractivity contribution in [2.24, 2.45) is 0 Å². The molecule has 0 amide bonds. The van der Waals surface area contributed by atoms with Gasteiger partial charge < -0.3 is 9.72 Å². The summed E-state index contributed by atoms with van der Waals surface area (Å²) in [6.07, 6.45) is 7.83. The lowest BCUT2D eigenvalue weighted by Gasteiger charge is -2.30. The molecule has 192 valence electrons. The summed E-state index contributed by atoms with van der Waals surface area (Å²) in [5.41, 5.74) is 4.16. The van der Waals surface area contributed by atoms with Crippen molar-refractivity contribution in [3.8, 4) is 17.0 Å². The Hall–Kier alpha value is -2.61. The molecule has 3 heterocycles. The van der Waals surface area contributed by atoms with Gasteiger partial charge in [-0.3, -0.25) is 4.90 Å². The van der Waals surface area contributed by atoms with E-state index in [-0.39, 0.29) is 0 Å². The summed E-state index contributed by atoms with van der Waals surface area (Å²) in [5, 5.41) is 0.